The molecule has 0 fully saturated rings. The molecule has 0 bridgehead atoms. The summed E-state index contributed by atoms with van der Waals surface area (Å²) in [5.74, 6) is -0.516. The maximum Gasteiger partial charge on any atom is 0.144 e. The number of benzene rings is 2. The molecule has 2 aromatic rings. The molecule has 0 heterocycles. The van der Waals surface area contributed by atoms with Gasteiger partial charge in [-0.25, -0.2) is 4.39 Å². The first-order chi connectivity index (χ1) is 8.06. The van der Waals surface area contributed by atoms with E-state index in [4.69, 9.17) is 28.9 Å². The summed E-state index contributed by atoms with van der Waals surface area (Å²) in [6, 6.07) is 9.63. The normalized spacial score (nSPS) is 10.3. The third-order valence-electron chi connectivity index (χ3n) is 2.22. The molecule has 0 aliphatic rings. The summed E-state index contributed by atoms with van der Waals surface area (Å²) in [5, 5.41) is 3.62. The highest BCUT2D eigenvalue weighted by molar-refractivity contribution is 6.31. The van der Waals surface area contributed by atoms with Crippen LogP contribution in [0.4, 0.5) is 21.5 Å². The molecule has 0 spiro atoms. The van der Waals surface area contributed by atoms with E-state index in [-0.39, 0.29) is 5.02 Å². The molecule has 2 rings (SSSR count). The van der Waals surface area contributed by atoms with Gasteiger partial charge in [-0.05, 0) is 30.3 Å². The summed E-state index contributed by atoms with van der Waals surface area (Å²) >= 11 is 11.4. The summed E-state index contributed by atoms with van der Waals surface area (Å²) in [7, 11) is 0. The lowest BCUT2D eigenvalue weighted by atomic mass is 10.2. The molecule has 17 heavy (non-hydrogen) atoms. The van der Waals surface area contributed by atoms with Gasteiger partial charge < -0.3 is 11.1 Å². The van der Waals surface area contributed by atoms with Gasteiger partial charge in [0, 0.05) is 16.8 Å². The number of anilines is 3. The zero-order valence-electron chi connectivity index (χ0n) is 8.68. The van der Waals surface area contributed by atoms with Crippen molar-refractivity contribution in [1.29, 1.82) is 0 Å². The standard InChI is InChI=1S/C12H9Cl2FN2/c13-7-1-3-8(4-2-7)17-12-6-10(15)9(14)5-11(12)16/h1-6,17H,16H2. The van der Waals surface area contributed by atoms with Gasteiger partial charge in [-0.1, -0.05) is 23.2 Å². The molecule has 0 saturated heterocycles. The molecule has 0 unspecified atom stereocenters. The molecule has 0 radical (unpaired) electrons. The van der Waals surface area contributed by atoms with Gasteiger partial charge in [0.25, 0.3) is 0 Å². The van der Waals surface area contributed by atoms with Crippen LogP contribution < -0.4 is 11.1 Å². The van der Waals surface area contributed by atoms with Crippen LogP contribution in [0.1, 0.15) is 0 Å². The fourth-order valence-electron chi connectivity index (χ4n) is 1.36. The quantitative estimate of drug-likeness (QED) is 0.791. The van der Waals surface area contributed by atoms with E-state index >= 15 is 0 Å². The Kier molecular flexibility index (Phi) is 3.41. The Morgan fingerprint density at radius 3 is 2.35 bits per heavy atom. The van der Waals surface area contributed by atoms with Crippen molar-refractivity contribution in [2.45, 2.75) is 0 Å². The first-order valence-electron chi connectivity index (χ1n) is 4.83. The molecular weight excluding hydrogens is 262 g/mol. The molecule has 0 aliphatic heterocycles. The van der Waals surface area contributed by atoms with Crippen molar-refractivity contribution < 1.29 is 4.39 Å². The van der Waals surface area contributed by atoms with Gasteiger partial charge in [0.15, 0.2) is 0 Å². The number of nitrogens with two attached hydrogens (primary N) is 1. The fourth-order valence-corrected chi connectivity index (χ4v) is 1.66. The minimum Gasteiger partial charge on any atom is -0.397 e. The minimum atomic E-state index is -0.516. The maximum atomic E-state index is 13.3. The first-order valence-corrected chi connectivity index (χ1v) is 5.59. The van der Waals surface area contributed by atoms with Crippen LogP contribution >= 0.6 is 23.2 Å². The van der Waals surface area contributed by atoms with Crippen molar-refractivity contribution >= 4 is 40.3 Å². The molecule has 0 atom stereocenters. The first kappa shape index (κ1) is 12.0. The second-order valence-corrected chi connectivity index (χ2v) is 4.33. The third kappa shape index (κ3) is 2.81. The topological polar surface area (TPSA) is 38.0 Å². The van der Waals surface area contributed by atoms with Crippen LogP contribution in [0.5, 0.6) is 0 Å². The number of nitrogens with one attached hydrogen (secondary N) is 1. The minimum absolute atomic E-state index is 0.00385. The Hall–Kier alpha value is -1.45. The van der Waals surface area contributed by atoms with Crippen LogP contribution in [-0.4, -0.2) is 0 Å². The number of nitrogen functional groups attached to an aromatic ring is 1. The molecule has 0 saturated carbocycles. The van der Waals surface area contributed by atoms with Crippen molar-refractivity contribution in [3.05, 3.63) is 52.3 Å². The molecule has 3 N–H and O–H groups in total. The number of hydrogen-bond acceptors (Lipinski definition) is 2. The summed E-state index contributed by atoms with van der Waals surface area (Å²) in [5.41, 5.74) is 7.34. The van der Waals surface area contributed by atoms with E-state index in [0.29, 0.717) is 16.4 Å². The maximum absolute atomic E-state index is 13.3. The van der Waals surface area contributed by atoms with E-state index in [1.54, 1.807) is 24.3 Å². The van der Waals surface area contributed by atoms with Crippen LogP contribution in [0.2, 0.25) is 10.0 Å². The largest absolute Gasteiger partial charge is 0.397 e. The van der Waals surface area contributed by atoms with E-state index in [1.807, 2.05) is 0 Å². The van der Waals surface area contributed by atoms with E-state index in [2.05, 4.69) is 5.32 Å². The van der Waals surface area contributed by atoms with Crippen LogP contribution in [0.15, 0.2) is 36.4 Å². The van der Waals surface area contributed by atoms with E-state index in [1.165, 1.54) is 12.1 Å². The second-order valence-electron chi connectivity index (χ2n) is 3.49. The van der Waals surface area contributed by atoms with Gasteiger partial charge in [0.05, 0.1) is 16.4 Å². The predicted molar refractivity (Wildman–Crippen MR) is 70.6 cm³/mol. The molecule has 0 amide bonds. The van der Waals surface area contributed by atoms with Gasteiger partial charge in [-0.3, -0.25) is 0 Å². The van der Waals surface area contributed by atoms with Gasteiger partial charge in [-0.2, -0.15) is 0 Å². The van der Waals surface area contributed by atoms with Gasteiger partial charge in [0.2, 0.25) is 0 Å². The Balaban J connectivity index is 2.30. The average Bonchev–Trinajstić information content (AvgIpc) is 2.29. The van der Waals surface area contributed by atoms with Crippen LogP contribution in [0.3, 0.4) is 0 Å². The highest BCUT2D eigenvalue weighted by atomic mass is 35.5. The molecule has 2 nitrogen and oxygen atoms in total. The average molecular weight is 271 g/mol. The molecule has 0 aliphatic carbocycles. The van der Waals surface area contributed by atoms with Gasteiger partial charge in [-0.15, -0.1) is 0 Å². The van der Waals surface area contributed by atoms with Crippen molar-refractivity contribution in [3.63, 3.8) is 0 Å². The lowest BCUT2D eigenvalue weighted by Crippen LogP contribution is -1.97. The third-order valence-corrected chi connectivity index (χ3v) is 2.76. The molecule has 88 valence electrons. The van der Waals surface area contributed by atoms with Crippen molar-refractivity contribution in [3.8, 4) is 0 Å². The number of rotatable bonds is 2. The van der Waals surface area contributed by atoms with E-state index in [0.717, 1.165) is 5.69 Å². The Morgan fingerprint density at radius 2 is 1.71 bits per heavy atom. The lowest BCUT2D eigenvalue weighted by molar-refractivity contribution is 0.629. The van der Waals surface area contributed by atoms with Crippen LogP contribution in [0.25, 0.3) is 0 Å². The van der Waals surface area contributed by atoms with Crippen molar-refractivity contribution in [1.82, 2.24) is 0 Å². The van der Waals surface area contributed by atoms with Crippen LogP contribution in [0, 0.1) is 5.82 Å². The highest BCUT2D eigenvalue weighted by Gasteiger charge is 2.06. The molecular formula is C12H9Cl2FN2. The highest BCUT2D eigenvalue weighted by Crippen LogP contribution is 2.29. The fraction of sp³-hybridized carbons (Fsp3) is 0. The van der Waals surface area contributed by atoms with Crippen LogP contribution in [-0.2, 0) is 0 Å². The summed E-state index contributed by atoms with van der Waals surface area (Å²) in [4.78, 5) is 0. The molecule has 2 aromatic carbocycles. The van der Waals surface area contributed by atoms with Crippen molar-refractivity contribution in [2.24, 2.45) is 0 Å². The summed E-state index contributed by atoms with van der Waals surface area (Å²) < 4.78 is 13.3. The summed E-state index contributed by atoms with van der Waals surface area (Å²) in [6.45, 7) is 0. The second kappa shape index (κ2) is 4.82. The SMILES string of the molecule is Nc1cc(Cl)c(F)cc1Nc1ccc(Cl)cc1. The monoisotopic (exact) mass is 270 g/mol. The molecule has 5 heteroatoms. The summed E-state index contributed by atoms with van der Waals surface area (Å²) in [6.07, 6.45) is 0. The molecule has 0 aromatic heterocycles. The predicted octanol–water partition coefficient (Wildman–Crippen LogP) is 4.46. The Bertz CT molecular complexity index is 541. The zero-order valence-corrected chi connectivity index (χ0v) is 10.2. The van der Waals surface area contributed by atoms with Crippen molar-refractivity contribution in [2.75, 3.05) is 11.1 Å². The zero-order chi connectivity index (χ0) is 12.4. The lowest BCUT2D eigenvalue weighted by Gasteiger charge is -2.10. The smallest absolute Gasteiger partial charge is 0.144 e. The Morgan fingerprint density at radius 1 is 1.06 bits per heavy atom. The van der Waals surface area contributed by atoms with Gasteiger partial charge in [0.1, 0.15) is 5.82 Å². The van der Waals surface area contributed by atoms with E-state index in [9.17, 15) is 4.39 Å². The number of hydrogen-bond donors (Lipinski definition) is 2. The Labute approximate surface area is 108 Å². The number of halogens is 3. The van der Waals surface area contributed by atoms with Gasteiger partial charge >= 0.3 is 0 Å². The van der Waals surface area contributed by atoms with E-state index < -0.39 is 5.82 Å².